The SMILES string of the molecule is Cc1[nH]c(=O)c(C#N)c(C)c1CCC(=O)Nc1ccc(OCc2nccn2C)cc1. The van der Waals surface area contributed by atoms with Gasteiger partial charge in [-0.25, -0.2) is 4.98 Å². The van der Waals surface area contributed by atoms with E-state index >= 15 is 0 Å². The number of imidazole rings is 1. The van der Waals surface area contributed by atoms with E-state index < -0.39 is 5.56 Å². The van der Waals surface area contributed by atoms with Gasteiger partial charge in [-0.05, 0) is 55.7 Å². The third kappa shape index (κ3) is 4.75. The van der Waals surface area contributed by atoms with Gasteiger partial charge in [0.15, 0.2) is 0 Å². The fourth-order valence-corrected chi connectivity index (χ4v) is 3.20. The number of ether oxygens (including phenoxy) is 1. The molecule has 0 aliphatic heterocycles. The third-order valence-corrected chi connectivity index (χ3v) is 4.95. The summed E-state index contributed by atoms with van der Waals surface area (Å²) in [6.07, 6.45) is 4.23. The van der Waals surface area contributed by atoms with Gasteiger partial charge in [-0.2, -0.15) is 5.26 Å². The maximum Gasteiger partial charge on any atom is 0.266 e. The number of pyridine rings is 1. The zero-order valence-electron chi connectivity index (χ0n) is 17.2. The summed E-state index contributed by atoms with van der Waals surface area (Å²) in [4.78, 5) is 31.0. The van der Waals surface area contributed by atoms with Gasteiger partial charge >= 0.3 is 0 Å². The molecule has 2 aromatic heterocycles. The van der Waals surface area contributed by atoms with Gasteiger partial charge < -0.3 is 19.6 Å². The number of hydrogen-bond acceptors (Lipinski definition) is 5. The van der Waals surface area contributed by atoms with Crippen LogP contribution in [0.2, 0.25) is 0 Å². The van der Waals surface area contributed by atoms with Gasteiger partial charge in [-0.15, -0.1) is 0 Å². The predicted molar refractivity (Wildman–Crippen MR) is 112 cm³/mol. The van der Waals surface area contributed by atoms with Crippen LogP contribution in [0.15, 0.2) is 41.5 Å². The molecule has 0 atom stereocenters. The van der Waals surface area contributed by atoms with Crippen molar-refractivity contribution in [3.63, 3.8) is 0 Å². The zero-order chi connectivity index (χ0) is 21.7. The highest BCUT2D eigenvalue weighted by Gasteiger charge is 2.13. The van der Waals surface area contributed by atoms with Crippen molar-refractivity contribution in [3.05, 3.63) is 75.2 Å². The molecule has 30 heavy (non-hydrogen) atoms. The summed E-state index contributed by atoms with van der Waals surface area (Å²) >= 11 is 0. The Hall–Kier alpha value is -3.86. The van der Waals surface area contributed by atoms with Crippen LogP contribution in [-0.2, 0) is 24.9 Å². The van der Waals surface area contributed by atoms with E-state index in [1.165, 1.54) is 0 Å². The van der Waals surface area contributed by atoms with Gasteiger partial charge in [0, 0.05) is 37.2 Å². The summed E-state index contributed by atoms with van der Waals surface area (Å²) in [7, 11) is 1.90. The Balaban J connectivity index is 1.56. The molecule has 0 bridgehead atoms. The molecule has 1 aromatic carbocycles. The van der Waals surface area contributed by atoms with E-state index in [-0.39, 0.29) is 17.9 Å². The molecule has 2 heterocycles. The van der Waals surface area contributed by atoms with E-state index in [0.717, 1.165) is 11.4 Å². The number of aromatic amines is 1. The topological polar surface area (TPSA) is 113 Å². The van der Waals surface area contributed by atoms with Crippen molar-refractivity contribution in [2.24, 2.45) is 7.05 Å². The summed E-state index contributed by atoms with van der Waals surface area (Å²) in [6.45, 7) is 3.86. The number of nitriles is 1. The summed E-state index contributed by atoms with van der Waals surface area (Å²) in [5, 5.41) is 12.0. The maximum atomic E-state index is 12.3. The number of nitrogens with zero attached hydrogens (tertiary/aromatic N) is 3. The molecule has 0 spiro atoms. The standard InChI is InChI=1S/C22H23N5O3/c1-14-18(15(2)25-22(29)19(14)12-23)8-9-21(28)26-16-4-6-17(7-5-16)30-13-20-24-10-11-27(20)3/h4-7,10-11H,8-9,13H2,1-3H3,(H,25,29)(H,26,28). The molecule has 0 fully saturated rings. The highest BCUT2D eigenvalue weighted by molar-refractivity contribution is 5.90. The summed E-state index contributed by atoms with van der Waals surface area (Å²) < 4.78 is 7.59. The van der Waals surface area contributed by atoms with Crippen molar-refractivity contribution >= 4 is 11.6 Å². The lowest BCUT2D eigenvalue weighted by Gasteiger charge is -2.11. The van der Waals surface area contributed by atoms with E-state index in [1.807, 2.05) is 23.9 Å². The second-order valence-corrected chi connectivity index (χ2v) is 6.99. The molecule has 8 nitrogen and oxygen atoms in total. The first-order valence-electron chi connectivity index (χ1n) is 9.50. The van der Waals surface area contributed by atoms with E-state index in [2.05, 4.69) is 15.3 Å². The maximum absolute atomic E-state index is 12.3. The molecular weight excluding hydrogens is 382 g/mol. The monoisotopic (exact) mass is 405 g/mol. The van der Waals surface area contributed by atoms with Crippen molar-refractivity contribution in [3.8, 4) is 11.8 Å². The van der Waals surface area contributed by atoms with Crippen molar-refractivity contribution in [2.75, 3.05) is 5.32 Å². The number of amides is 1. The molecule has 2 N–H and O–H groups in total. The Labute approximate surface area is 174 Å². The molecule has 0 unspecified atom stereocenters. The van der Waals surface area contributed by atoms with Crippen LogP contribution in [0.4, 0.5) is 5.69 Å². The number of anilines is 1. The fraction of sp³-hybridized carbons (Fsp3) is 0.273. The first-order chi connectivity index (χ1) is 14.4. The second kappa shape index (κ2) is 9.09. The number of carbonyl (C=O) groups excluding carboxylic acids is 1. The lowest BCUT2D eigenvalue weighted by molar-refractivity contribution is -0.116. The lowest BCUT2D eigenvalue weighted by atomic mass is 9.99. The molecule has 8 heteroatoms. The molecule has 154 valence electrons. The molecule has 0 radical (unpaired) electrons. The first kappa shape index (κ1) is 20.9. The molecule has 3 rings (SSSR count). The fourth-order valence-electron chi connectivity index (χ4n) is 3.20. The number of rotatable bonds is 7. The van der Waals surface area contributed by atoms with Crippen LogP contribution in [0.3, 0.4) is 0 Å². The van der Waals surface area contributed by atoms with Crippen LogP contribution in [0.5, 0.6) is 5.75 Å². The van der Waals surface area contributed by atoms with Crippen LogP contribution < -0.4 is 15.6 Å². The second-order valence-electron chi connectivity index (χ2n) is 6.99. The molecule has 3 aromatic rings. The number of H-pyrrole nitrogens is 1. The Kier molecular flexibility index (Phi) is 6.32. The van der Waals surface area contributed by atoms with Crippen molar-refractivity contribution < 1.29 is 9.53 Å². The van der Waals surface area contributed by atoms with E-state index in [0.29, 0.717) is 35.7 Å². The number of nitrogens with one attached hydrogen (secondary N) is 2. The van der Waals surface area contributed by atoms with E-state index in [1.54, 1.807) is 44.3 Å². The number of hydrogen-bond donors (Lipinski definition) is 2. The van der Waals surface area contributed by atoms with Gasteiger partial charge in [0.2, 0.25) is 5.91 Å². The molecule has 0 saturated carbocycles. The normalized spacial score (nSPS) is 10.5. The molecule has 1 amide bonds. The van der Waals surface area contributed by atoms with Gasteiger partial charge in [0.05, 0.1) is 0 Å². The third-order valence-electron chi connectivity index (χ3n) is 4.95. The summed E-state index contributed by atoms with van der Waals surface area (Å²) in [5.74, 6) is 1.35. The number of benzene rings is 1. The highest BCUT2D eigenvalue weighted by atomic mass is 16.5. The number of aryl methyl sites for hydroxylation is 2. The summed E-state index contributed by atoms with van der Waals surface area (Å²) in [6, 6.07) is 9.04. The lowest BCUT2D eigenvalue weighted by Crippen LogP contribution is -2.18. The van der Waals surface area contributed by atoms with Crippen LogP contribution >= 0.6 is 0 Å². The van der Waals surface area contributed by atoms with Crippen LogP contribution in [0, 0.1) is 25.2 Å². The molecule has 0 aliphatic carbocycles. The largest absolute Gasteiger partial charge is 0.486 e. The Bertz CT molecular complexity index is 1150. The Morgan fingerprint density at radius 1 is 1.30 bits per heavy atom. The average Bonchev–Trinajstić information content (AvgIpc) is 3.12. The minimum Gasteiger partial charge on any atom is -0.486 e. The van der Waals surface area contributed by atoms with Gasteiger partial charge in [-0.1, -0.05) is 0 Å². The Morgan fingerprint density at radius 2 is 2.03 bits per heavy atom. The zero-order valence-corrected chi connectivity index (χ0v) is 17.2. The van der Waals surface area contributed by atoms with Crippen LogP contribution in [0.25, 0.3) is 0 Å². The van der Waals surface area contributed by atoms with Crippen LogP contribution in [0.1, 0.15) is 34.6 Å². The predicted octanol–water partition coefficient (Wildman–Crippen LogP) is 2.75. The minimum atomic E-state index is -0.397. The Morgan fingerprint density at radius 3 is 2.67 bits per heavy atom. The van der Waals surface area contributed by atoms with Gasteiger partial charge in [0.25, 0.3) is 5.56 Å². The molecule has 0 aliphatic rings. The van der Waals surface area contributed by atoms with Gasteiger partial charge in [-0.3, -0.25) is 9.59 Å². The van der Waals surface area contributed by atoms with Crippen molar-refractivity contribution in [2.45, 2.75) is 33.3 Å². The van der Waals surface area contributed by atoms with E-state index in [4.69, 9.17) is 10.00 Å². The molecule has 0 saturated heterocycles. The van der Waals surface area contributed by atoms with Crippen molar-refractivity contribution in [1.29, 1.82) is 5.26 Å². The van der Waals surface area contributed by atoms with Crippen LogP contribution in [-0.4, -0.2) is 20.4 Å². The number of carbonyl (C=O) groups is 1. The van der Waals surface area contributed by atoms with Crippen molar-refractivity contribution in [1.82, 2.24) is 14.5 Å². The molecular formula is C22H23N5O3. The first-order valence-corrected chi connectivity index (χ1v) is 9.50. The number of aromatic nitrogens is 3. The van der Waals surface area contributed by atoms with E-state index in [9.17, 15) is 9.59 Å². The summed E-state index contributed by atoms with van der Waals surface area (Å²) in [5.41, 5.74) is 2.48. The smallest absolute Gasteiger partial charge is 0.266 e. The quantitative estimate of drug-likeness (QED) is 0.628. The minimum absolute atomic E-state index is 0.0946. The highest BCUT2D eigenvalue weighted by Crippen LogP contribution is 2.18. The average molecular weight is 405 g/mol. The van der Waals surface area contributed by atoms with Gasteiger partial charge in [0.1, 0.15) is 29.8 Å².